The molecule has 0 aromatic carbocycles. The van der Waals surface area contributed by atoms with Crippen LogP contribution in [-0.4, -0.2) is 209 Å². The molecule has 0 saturated carbocycles. The summed E-state index contributed by atoms with van der Waals surface area (Å²) in [7, 11) is 6.53. The molecule has 1 fully saturated rings. The molecule has 8 atom stereocenters. The molecule has 3 amide bonds. The van der Waals surface area contributed by atoms with E-state index < -0.39 is 11.6 Å². The van der Waals surface area contributed by atoms with Crippen LogP contribution in [0.4, 0.5) is 0 Å². The Morgan fingerprint density at radius 2 is 0.571 bits per heavy atom. The second kappa shape index (κ2) is 67.3. The van der Waals surface area contributed by atoms with Gasteiger partial charge in [0, 0.05) is 150 Å². The van der Waals surface area contributed by atoms with Gasteiger partial charge in [-0.3, -0.25) is 38.4 Å². The van der Waals surface area contributed by atoms with Gasteiger partial charge in [-0.1, -0.05) is 229 Å². The van der Waals surface area contributed by atoms with E-state index >= 15 is 0 Å². The van der Waals surface area contributed by atoms with Gasteiger partial charge in [-0.2, -0.15) is 0 Å². The second-order valence-corrected chi connectivity index (χ2v) is 44.0. The average molecular weight is 2070 g/mol. The molecule has 1 aliphatic rings. The van der Waals surface area contributed by atoms with Gasteiger partial charge in [-0.25, -0.2) is 0 Å². The number of aliphatic hydroxyl groups excluding tert-OH is 1. The summed E-state index contributed by atoms with van der Waals surface area (Å²) in [5.41, 5.74) is 4.73. The Morgan fingerprint density at radius 1 is 0.347 bits per heavy atom. The van der Waals surface area contributed by atoms with Gasteiger partial charge < -0.3 is 75.9 Å². The molecule has 9 rings (SSSR count). The number of ether oxygens (including phenoxy) is 2. The lowest BCUT2D eigenvalue weighted by Gasteiger charge is -2.22. The summed E-state index contributed by atoms with van der Waals surface area (Å²) in [5, 5.41) is 84.6. The van der Waals surface area contributed by atoms with Crippen LogP contribution < -0.4 is 11.1 Å². The molecule has 0 radical (unpaired) electrons. The lowest BCUT2D eigenvalue weighted by Crippen LogP contribution is -2.26. The molecule has 834 valence electrons. The number of hydrogen-bond acceptors (Lipinski definition) is 36. The Kier molecular flexibility index (Phi) is 61.4. The maximum absolute atomic E-state index is 12.3. The van der Waals surface area contributed by atoms with Crippen molar-refractivity contribution in [3.8, 4) is 0 Å². The zero-order valence-electron chi connectivity index (χ0n) is 95.5. The number of aliphatic carboxylic acids is 1. The van der Waals surface area contributed by atoms with E-state index in [9.17, 15) is 38.4 Å². The van der Waals surface area contributed by atoms with Crippen LogP contribution in [0.5, 0.6) is 0 Å². The first-order chi connectivity index (χ1) is 68.1. The number of ketones is 2. The first-order valence-corrected chi connectivity index (χ1v) is 52.3. The number of amides is 3. The summed E-state index contributed by atoms with van der Waals surface area (Å²) < 4.78 is 55.0. The molecule has 1 aliphatic heterocycles. The number of aliphatic hydroxyl groups is 1. The van der Waals surface area contributed by atoms with E-state index in [0.717, 1.165) is 13.0 Å². The summed E-state index contributed by atoms with van der Waals surface area (Å²) in [5.74, 6) is 11.1. The number of carbonyl (C=O) groups excluding carboxylic acids is 7. The van der Waals surface area contributed by atoms with Crippen molar-refractivity contribution < 1.29 is 93.4 Å². The van der Waals surface area contributed by atoms with E-state index in [4.69, 9.17) is 56.0 Å². The number of carboxylic acid groups (broad SMARTS) is 1. The minimum atomic E-state index is -0.844. The fourth-order valence-electron chi connectivity index (χ4n) is 14.3. The highest BCUT2D eigenvalue weighted by atomic mass is 16.6. The highest BCUT2D eigenvalue weighted by molar-refractivity contribution is 5.80. The lowest BCUT2D eigenvalue weighted by molar-refractivity contribution is -0.156. The van der Waals surface area contributed by atoms with Gasteiger partial charge in [0.25, 0.3) is 0 Å². The Morgan fingerprint density at radius 3 is 0.782 bits per heavy atom. The van der Waals surface area contributed by atoms with Gasteiger partial charge in [0.05, 0.1) is 44.1 Å². The molecule has 8 unspecified atom stereocenters. The SMILES string of the molecule is C.CC(C)c1nnc(C(CC(=O)CCCN2CCCC2)C(C)C)o1.CC(C)c1nnc(C(CC(=O)CCCO)C(C)C)o1.CC(C)c1nnc(C(CC(=O)N(C)C)C(C)C)o1.CC(C)c1nnc(C(CC(=O)O)C(C)C)o1.CC(C)c1nnc(C(CC(=O)OC(C)(C)C)C(C)C)o1.CC(C)c1nnc(C(CC(N)=O)C(C)C)o1.CNC(=O)CC(c1nnc(C(C)C)o1)C(C)C.COC(=O)CC(c1nnc(C(C)C)o1)C(C)C. The second-order valence-electron chi connectivity index (χ2n) is 44.0. The number of rotatable bonds is 47. The smallest absolute Gasteiger partial charge is 0.307 e. The van der Waals surface area contributed by atoms with Crippen LogP contribution in [0.1, 0.15) is 529 Å². The normalized spacial score (nSPS) is 13.9. The van der Waals surface area contributed by atoms with E-state index in [1.54, 1.807) is 26.0 Å². The van der Waals surface area contributed by atoms with Gasteiger partial charge in [0.1, 0.15) is 17.2 Å². The molecule has 9 heterocycles. The van der Waals surface area contributed by atoms with Crippen molar-refractivity contribution in [1.82, 2.24) is 96.7 Å². The quantitative estimate of drug-likeness (QED) is 0.0257. The average Bonchev–Trinajstić information content (AvgIpc) is 1.61. The largest absolute Gasteiger partial charge is 0.481 e. The molecule has 40 heteroatoms. The number of Topliss-reactive ketones (excluding diaryl/α,β-unsaturated/α-hetero) is 2. The van der Waals surface area contributed by atoms with Gasteiger partial charge in [0.2, 0.25) is 112 Å². The van der Waals surface area contributed by atoms with Crippen molar-refractivity contribution in [1.29, 1.82) is 0 Å². The summed E-state index contributed by atoms with van der Waals surface area (Å²) >= 11 is 0. The predicted octanol–water partition coefficient (Wildman–Crippen LogP) is 21.9. The maximum Gasteiger partial charge on any atom is 0.307 e. The number of carboxylic acids is 1. The molecule has 40 nitrogen and oxygen atoms in total. The molecule has 0 aliphatic carbocycles. The third kappa shape index (κ3) is 49.9. The lowest BCUT2D eigenvalue weighted by atomic mass is 9.89. The van der Waals surface area contributed by atoms with Crippen molar-refractivity contribution in [2.45, 2.75) is 440 Å². The Balaban J connectivity index is 0.000000841. The third-order valence-electron chi connectivity index (χ3n) is 24.0. The zero-order chi connectivity index (χ0) is 111. The van der Waals surface area contributed by atoms with Crippen molar-refractivity contribution in [3.63, 3.8) is 0 Å². The van der Waals surface area contributed by atoms with Crippen LogP contribution in [0.25, 0.3) is 0 Å². The number of primary amides is 1. The van der Waals surface area contributed by atoms with Crippen LogP contribution in [0.3, 0.4) is 0 Å². The predicted molar refractivity (Wildman–Crippen MR) is 560 cm³/mol. The number of aromatic nitrogens is 16. The van der Waals surface area contributed by atoms with Gasteiger partial charge >= 0.3 is 17.9 Å². The van der Waals surface area contributed by atoms with E-state index in [1.165, 1.54) is 33.0 Å². The van der Waals surface area contributed by atoms with Crippen LogP contribution >= 0.6 is 0 Å². The topological polar surface area (TPSA) is 551 Å². The number of nitrogens with zero attached hydrogens (tertiary/aromatic N) is 18. The molecular formula is C107H186N20O20. The maximum atomic E-state index is 12.3. The van der Waals surface area contributed by atoms with Crippen LogP contribution in [0, 0.1) is 47.3 Å². The number of methoxy groups -OCH3 is 1. The van der Waals surface area contributed by atoms with Crippen molar-refractivity contribution >= 4 is 47.2 Å². The fraction of sp³-hybridized carbons (Fsp3) is 0.776. The first-order valence-electron chi connectivity index (χ1n) is 52.3. The van der Waals surface area contributed by atoms with Crippen LogP contribution in [0.2, 0.25) is 0 Å². The van der Waals surface area contributed by atoms with Gasteiger partial charge in [-0.05, 0) is 113 Å². The molecule has 147 heavy (non-hydrogen) atoms. The Labute approximate surface area is 874 Å². The van der Waals surface area contributed by atoms with Gasteiger partial charge in [-0.15, -0.1) is 81.6 Å². The molecule has 8 aromatic rings. The van der Waals surface area contributed by atoms with Crippen molar-refractivity contribution in [2.75, 3.05) is 54.5 Å². The third-order valence-corrected chi connectivity index (χ3v) is 24.0. The van der Waals surface area contributed by atoms with E-state index in [0.29, 0.717) is 151 Å². The number of likely N-dealkylation sites (tertiary alicyclic amines) is 1. The van der Waals surface area contributed by atoms with Gasteiger partial charge in [0.15, 0.2) is 0 Å². The summed E-state index contributed by atoms with van der Waals surface area (Å²) in [6.07, 6.45) is 7.66. The van der Waals surface area contributed by atoms with Crippen LogP contribution in [0.15, 0.2) is 35.3 Å². The standard InChI is InChI=1S/C18H31N3O2.C15H26N2O3.C14H24N2O3.C13H23N3O2.C12H21N3O2.C12H20N2O3.C11H19N3O2.C11H18N2O3.CH4/c1-13(2)16(18-20-19-17(23-18)14(3)4)12-15(22)8-7-11-21-9-5-6-10-21;1-9(2)11(8-12(18)20-15(5,6)7)14-17-16-13(19-14)10(3)4;1-9(2)12(8-11(18)6-5-7-17)14-16-15-13(19-14)10(3)4;1-8(2)10(7-11(17)16(5)6)13-15-14-12(18-13)9(3)4;1-7(2)9(6-10(16)13-5)12-15-14-11(17-12)8(3)4;1-7(2)9(6-10(15)16-5)12-14-13-11(17-12)8(3)4;1-6(2)8(5-9(12)15)11-14-13-10(16-11)7(3)4;1-6(2)8(5-9(14)15)11-13-12-10(16-11)7(3)4;/h13-14,16H,5-12H2,1-4H3;9-11H,8H2,1-7H3;9-10,12,17H,5-8H2,1-4H3;8-10H,7H2,1-6H3;7-9H,6H2,1-5H3,(H,13,16);7-9H,6H2,1-5H3;6-8H,5H2,1-4H3,(H2,12,15);6-8H,5H2,1-4H3,(H,14,15);1H4. The van der Waals surface area contributed by atoms with E-state index in [2.05, 4.69) is 124 Å². The van der Waals surface area contributed by atoms with Crippen molar-refractivity contribution in [3.05, 3.63) is 94.3 Å². The first kappa shape index (κ1) is 134. The molecule has 1 saturated heterocycles. The highest BCUT2D eigenvalue weighted by Crippen LogP contribution is 2.38. The molecule has 0 spiro atoms. The minimum absolute atomic E-state index is 0. The molecule has 5 N–H and O–H groups in total. The summed E-state index contributed by atoms with van der Waals surface area (Å²) in [6, 6.07) is 0. The number of nitrogens with two attached hydrogens (primary N) is 1. The van der Waals surface area contributed by atoms with E-state index in [1.807, 2.05) is 215 Å². The summed E-state index contributed by atoms with van der Waals surface area (Å²) in [6.45, 7) is 73.6. The highest BCUT2D eigenvalue weighted by Gasteiger charge is 2.35. The summed E-state index contributed by atoms with van der Waals surface area (Å²) in [4.78, 5) is 96.5. The number of carbonyl (C=O) groups is 8. The monoisotopic (exact) mass is 2070 g/mol. The Bertz CT molecular complexity index is 4880. The number of hydrogen-bond donors (Lipinski definition) is 4. The Hall–Kier alpha value is -10.8. The molecular weight excluding hydrogens is 1890 g/mol. The van der Waals surface area contributed by atoms with E-state index in [-0.39, 0.29) is 211 Å². The minimum Gasteiger partial charge on any atom is -0.481 e. The zero-order valence-corrected chi connectivity index (χ0v) is 95.5. The number of nitrogens with one attached hydrogen (secondary N) is 1. The number of esters is 2. The molecule has 8 aromatic heterocycles. The fourth-order valence-corrected chi connectivity index (χ4v) is 14.3. The molecule has 0 bridgehead atoms. The van der Waals surface area contributed by atoms with Crippen LogP contribution in [-0.2, 0) is 47.8 Å². The van der Waals surface area contributed by atoms with Crippen molar-refractivity contribution in [2.24, 2.45) is 53.1 Å².